The van der Waals surface area contributed by atoms with Gasteiger partial charge < -0.3 is 4.74 Å². The molecular weight excluding hydrogens is 228 g/mol. The zero-order valence-electron chi connectivity index (χ0n) is 10.0. The predicted octanol–water partition coefficient (Wildman–Crippen LogP) is 2.41. The van der Waals surface area contributed by atoms with Crippen LogP contribution in [0.3, 0.4) is 0 Å². The van der Waals surface area contributed by atoms with Crippen molar-refractivity contribution in [3.8, 4) is 0 Å². The number of carbonyl (C=O) groups excluding carboxylic acids is 2. The van der Waals surface area contributed by atoms with Crippen LogP contribution in [-0.4, -0.2) is 11.8 Å². The average Bonchev–Trinajstić information content (AvgIpc) is 3.28. The lowest BCUT2D eigenvalue weighted by Gasteiger charge is -2.35. The Morgan fingerprint density at radius 3 is 2.22 bits per heavy atom. The molecule has 1 atom stereocenters. The van der Waals surface area contributed by atoms with Gasteiger partial charge in [-0.2, -0.15) is 0 Å². The first-order chi connectivity index (χ1) is 8.69. The third-order valence-corrected chi connectivity index (χ3v) is 4.65. The number of ketones is 1. The van der Waals surface area contributed by atoms with Crippen LogP contribution in [0.15, 0.2) is 30.3 Å². The van der Waals surface area contributed by atoms with Crippen molar-refractivity contribution in [2.75, 3.05) is 0 Å². The Bertz CT molecular complexity index is 538. The largest absolute Gasteiger partial charge is 0.456 e. The molecule has 2 saturated carbocycles. The van der Waals surface area contributed by atoms with E-state index in [9.17, 15) is 9.59 Å². The van der Waals surface area contributed by atoms with Gasteiger partial charge in [0.15, 0.2) is 5.78 Å². The monoisotopic (exact) mass is 242 g/mol. The summed E-state index contributed by atoms with van der Waals surface area (Å²) in [7, 11) is 0. The van der Waals surface area contributed by atoms with E-state index in [1.54, 1.807) is 0 Å². The smallest absolute Gasteiger partial charge is 0.320 e. The van der Waals surface area contributed by atoms with E-state index < -0.39 is 10.8 Å². The van der Waals surface area contributed by atoms with Crippen LogP contribution in [0.25, 0.3) is 0 Å². The number of hydrogen-bond acceptors (Lipinski definition) is 3. The quantitative estimate of drug-likeness (QED) is 0.561. The Kier molecular flexibility index (Phi) is 1.73. The Morgan fingerprint density at radius 2 is 1.67 bits per heavy atom. The molecule has 1 unspecified atom stereocenters. The van der Waals surface area contributed by atoms with E-state index >= 15 is 0 Å². The van der Waals surface area contributed by atoms with Crippen LogP contribution in [-0.2, 0) is 14.3 Å². The van der Waals surface area contributed by atoms with E-state index in [0.29, 0.717) is 12.8 Å². The lowest BCUT2D eigenvalue weighted by atomic mass is 9.78. The maximum Gasteiger partial charge on any atom is 0.320 e. The van der Waals surface area contributed by atoms with Crippen molar-refractivity contribution in [2.45, 2.75) is 31.8 Å². The van der Waals surface area contributed by atoms with Crippen LogP contribution in [0.5, 0.6) is 0 Å². The Hall–Kier alpha value is -1.64. The summed E-state index contributed by atoms with van der Waals surface area (Å²) in [6, 6.07) is 9.65. The Balaban J connectivity index is 1.77. The van der Waals surface area contributed by atoms with Gasteiger partial charge in [-0.15, -0.1) is 0 Å². The molecule has 1 aromatic carbocycles. The molecule has 1 saturated heterocycles. The second kappa shape index (κ2) is 3.02. The third-order valence-electron chi connectivity index (χ3n) is 4.65. The minimum atomic E-state index is -0.748. The first-order valence-corrected chi connectivity index (χ1v) is 6.50. The first-order valence-electron chi connectivity index (χ1n) is 6.50. The van der Waals surface area contributed by atoms with Gasteiger partial charge in [0.25, 0.3) is 0 Å². The second-order valence-electron chi connectivity index (χ2n) is 5.76. The Labute approximate surface area is 105 Å². The summed E-state index contributed by atoms with van der Waals surface area (Å²) < 4.78 is 5.64. The molecule has 0 aromatic heterocycles. The van der Waals surface area contributed by atoms with Gasteiger partial charge in [0.1, 0.15) is 11.5 Å². The SMILES string of the molecule is O=C1OC(c2ccccc2)C2(CC2)C(=O)C12CC2. The van der Waals surface area contributed by atoms with Crippen molar-refractivity contribution in [3.05, 3.63) is 35.9 Å². The number of hydrogen-bond donors (Lipinski definition) is 0. The minimum Gasteiger partial charge on any atom is -0.456 e. The molecule has 3 nitrogen and oxygen atoms in total. The molecule has 1 aromatic rings. The molecule has 0 radical (unpaired) electrons. The van der Waals surface area contributed by atoms with Gasteiger partial charge in [-0.3, -0.25) is 9.59 Å². The Morgan fingerprint density at radius 1 is 1.00 bits per heavy atom. The summed E-state index contributed by atoms with van der Waals surface area (Å²) in [5.74, 6) is -0.140. The van der Waals surface area contributed by atoms with E-state index in [-0.39, 0.29) is 17.9 Å². The lowest BCUT2D eigenvalue weighted by Crippen LogP contribution is -2.44. The maximum absolute atomic E-state index is 12.6. The highest BCUT2D eigenvalue weighted by Gasteiger charge is 2.73. The van der Waals surface area contributed by atoms with E-state index in [4.69, 9.17) is 4.74 Å². The minimum absolute atomic E-state index is 0.153. The number of Topliss-reactive ketones (excluding diaryl/α,β-unsaturated/α-hetero) is 1. The van der Waals surface area contributed by atoms with Gasteiger partial charge >= 0.3 is 5.97 Å². The maximum atomic E-state index is 12.6. The fourth-order valence-electron chi connectivity index (χ4n) is 3.22. The number of carbonyl (C=O) groups is 2. The number of rotatable bonds is 1. The summed E-state index contributed by atoms with van der Waals surface area (Å²) in [4.78, 5) is 24.6. The van der Waals surface area contributed by atoms with Crippen LogP contribution in [0.1, 0.15) is 37.4 Å². The highest BCUT2D eigenvalue weighted by molar-refractivity contribution is 6.12. The third kappa shape index (κ3) is 1.10. The van der Waals surface area contributed by atoms with E-state index in [0.717, 1.165) is 18.4 Å². The lowest BCUT2D eigenvalue weighted by molar-refractivity contribution is -0.176. The van der Waals surface area contributed by atoms with E-state index in [2.05, 4.69) is 0 Å². The zero-order chi connectivity index (χ0) is 12.4. The summed E-state index contributed by atoms with van der Waals surface area (Å²) in [6.45, 7) is 0. The van der Waals surface area contributed by atoms with Gasteiger partial charge in [-0.25, -0.2) is 0 Å². The molecule has 2 spiro atoms. The number of cyclic esters (lactones) is 1. The molecule has 0 amide bonds. The second-order valence-corrected chi connectivity index (χ2v) is 5.76. The number of benzene rings is 1. The molecule has 2 aliphatic carbocycles. The molecule has 3 heteroatoms. The van der Waals surface area contributed by atoms with Gasteiger partial charge in [0.05, 0.1) is 5.41 Å². The fourth-order valence-corrected chi connectivity index (χ4v) is 3.22. The summed E-state index contributed by atoms with van der Waals surface area (Å²) in [5, 5.41) is 0. The summed E-state index contributed by atoms with van der Waals surface area (Å²) >= 11 is 0. The van der Waals surface area contributed by atoms with Crippen LogP contribution in [0.4, 0.5) is 0 Å². The van der Waals surface area contributed by atoms with Crippen LogP contribution in [0, 0.1) is 10.8 Å². The van der Waals surface area contributed by atoms with Crippen LogP contribution >= 0.6 is 0 Å². The van der Waals surface area contributed by atoms with Crippen molar-refractivity contribution in [2.24, 2.45) is 10.8 Å². The summed E-state index contributed by atoms with van der Waals surface area (Å²) in [5.41, 5.74) is -0.194. The van der Waals surface area contributed by atoms with Crippen LogP contribution < -0.4 is 0 Å². The molecular formula is C15H14O3. The van der Waals surface area contributed by atoms with Gasteiger partial charge in [-0.1, -0.05) is 30.3 Å². The molecule has 1 heterocycles. The molecule has 1 aliphatic heterocycles. The zero-order valence-corrected chi connectivity index (χ0v) is 10.0. The highest BCUT2D eigenvalue weighted by Crippen LogP contribution is 2.68. The normalized spacial score (nSPS) is 30.3. The molecule has 92 valence electrons. The molecule has 3 aliphatic rings. The molecule has 4 rings (SSSR count). The van der Waals surface area contributed by atoms with Crippen molar-refractivity contribution in [1.82, 2.24) is 0 Å². The van der Waals surface area contributed by atoms with E-state index in [1.807, 2.05) is 30.3 Å². The van der Waals surface area contributed by atoms with Gasteiger partial charge in [0.2, 0.25) is 0 Å². The standard InChI is InChI=1S/C15H14O3/c16-12-14(6-7-14)11(10-4-2-1-3-5-10)18-13(17)15(12)8-9-15/h1-5,11H,6-9H2. The topological polar surface area (TPSA) is 43.4 Å². The molecule has 18 heavy (non-hydrogen) atoms. The fraction of sp³-hybridized carbons (Fsp3) is 0.467. The highest BCUT2D eigenvalue weighted by atomic mass is 16.6. The number of esters is 1. The van der Waals surface area contributed by atoms with Crippen LogP contribution in [0.2, 0.25) is 0 Å². The van der Waals surface area contributed by atoms with Crippen molar-refractivity contribution in [3.63, 3.8) is 0 Å². The van der Waals surface area contributed by atoms with Gasteiger partial charge in [-0.05, 0) is 31.2 Å². The van der Waals surface area contributed by atoms with Crippen molar-refractivity contribution < 1.29 is 14.3 Å². The van der Waals surface area contributed by atoms with Crippen molar-refractivity contribution in [1.29, 1.82) is 0 Å². The summed E-state index contributed by atoms with van der Waals surface area (Å²) in [6.07, 6.45) is 2.74. The van der Waals surface area contributed by atoms with E-state index in [1.165, 1.54) is 0 Å². The molecule has 0 bridgehead atoms. The van der Waals surface area contributed by atoms with Gasteiger partial charge in [0, 0.05) is 0 Å². The van der Waals surface area contributed by atoms with Crippen molar-refractivity contribution >= 4 is 11.8 Å². The predicted molar refractivity (Wildman–Crippen MR) is 63.6 cm³/mol. The first kappa shape index (κ1) is 10.3. The number of ether oxygens (including phenoxy) is 1. The average molecular weight is 242 g/mol. The molecule has 3 fully saturated rings. The molecule has 0 N–H and O–H groups in total.